The monoisotopic (exact) mass is 987 g/mol. The minimum atomic E-state index is -1.43. The number of nitrogens with two attached hydrogens (primary N) is 1. The van der Waals surface area contributed by atoms with Crippen LogP contribution in [-0.4, -0.2) is 106 Å². The van der Waals surface area contributed by atoms with Gasteiger partial charge in [0.15, 0.2) is 31.1 Å². The molecule has 72 heavy (non-hydrogen) atoms. The molecule has 3 saturated heterocycles. The second kappa shape index (κ2) is 27.3. The molecule has 3 heterocycles. The number of hydrogen-bond acceptors (Lipinski definition) is 15. The van der Waals surface area contributed by atoms with Gasteiger partial charge in [0.2, 0.25) is 0 Å². The minimum Gasteiger partial charge on any atom is -0.469 e. The van der Waals surface area contributed by atoms with Crippen LogP contribution in [0.25, 0.3) is 0 Å². The number of benzene rings is 5. The highest BCUT2D eigenvalue weighted by Crippen LogP contribution is 2.39. The van der Waals surface area contributed by atoms with E-state index in [1.54, 1.807) is 60.7 Å². The third-order valence-corrected chi connectivity index (χ3v) is 12.8. The molecule has 382 valence electrons. The van der Waals surface area contributed by atoms with Crippen LogP contribution in [0.15, 0.2) is 152 Å². The van der Waals surface area contributed by atoms with E-state index in [0.29, 0.717) is 13.0 Å². The average molecular weight is 988 g/mol. The molecule has 3 fully saturated rings. The number of ether oxygens (including phenoxy) is 11. The van der Waals surface area contributed by atoms with Gasteiger partial charge in [-0.15, -0.1) is 0 Å². The molecule has 0 aromatic heterocycles. The number of fused-ring (bicyclic) bond motifs is 1. The quantitative estimate of drug-likeness (QED) is 0.0354. The maximum Gasteiger partial charge on any atom is 0.338 e. The van der Waals surface area contributed by atoms with Gasteiger partial charge in [-0.05, 0) is 48.2 Å². The van der Waals surface area contributed by atoms with Crippen molar-refractivity contribution in [3.8, 4) is 0 Å². The molecule has 0 radical (unpaired) electrons. The molecule has 0 aliphatic carbocycles. The van der Waals surface area contributed by atoms with Crippen molar-refractivity contribution < 1.29 is 66.5 Å². The van der Waals surface area contributed by atoms with Crippen LogP contribution in [0.4, 0.5) is 0 Å². The maximum absolute atomic E-state index is 14.2. The molecule has 0 amide bonds. The highest BCUT2D eigenvalue weighted by atomic mass is 16.8. The molecule has 0 saturated carbocycles. The molecule has 5 aromatic rings. The lowest BCUT2D eigenvalue weighted by molar-refractivity contribution is -0.380. The summed E-state index contributed by atoms with van der Waals surface area (Å²) in [6.07, 6.45) is -4.92. The van der Waals surface area contributed by atoms with Gasteiger partial charge in [0.05, 0.1) is 50.7 Å². The molecule has 2 N–H and O–H groups in total. The number of carbonyl (C=O) groups is 3. The summed E-state index contributed by atoms with van der Waals surface area (Å²) in [5.74, 6) is -1.58. The zero-order valence-corrected chi connectivity index (χ0v) is 40.6. The van der Waals surface area contributed by atoms with E-state index >= 15 is 0 Å². The predicted molar refractivity (Wildman–Crippen MR) is 263 cm³/mol. The highest BCUT2D eigenvalue weighted by molar-refractivity contribution is 5.90. The van der Waals surface area contributed by atoms with Crippen LogP contribution < -0.4 is 5.73 Å². The van der Waals surface area contributed by atoms with Crippen LogP contribution >= 0.6 is 0 Å². The summed E-state index contributed by atoms with van der Waals surface area (Å²) in [7, 11) is 1.41. The van der Waals surface area contributed by atoms with E-state index in [0.717, 1.165) is 55.2 Å². The van der Waals surface area contributed by atoms with Gasteiger partial charge in [-0.2, -0.15) is 0 Å². The van der Waals surface area contributed by atoms with Crippen molar-refractivity contribution in [3.05, 3.63) is 179 Å². The van der Waals surface area contributed by atoms with Crippen molar-refractivity contribution in [1.29, 1.82) is 0 Å². The highest BCUT2D eigenvalue weighted by Gasteiger charge is 2.57. The van der Waals surface area contributed by atoms with E-state index in [-0.39, 0.29) is 43.5 Å². The summed E-state index contributed by atoms with van der Waals surface area (Å²) in [6.45, 7) is 0.787. The Labute approximate surface area is 421 Å². The Kier molecular flexibility index (Phi) is 19.9. The summed E-state index contributed by atoms with van der Waals surface area (Å²) in [6, 6.07) is 44.9. The Morgan fingerprint density at radius 2 is 1.12 bits per heavy atom. The molecule has 3 aliphatic rings. The molecule has 1 unspecified atom stereocenters. The molecule has 15 nitrogen and oxygen atoms in total. The van der Waals surface area contributed by atoms with Crippen LogP contribution in [0.3, 0.4) is 0 Å². The SMILES string of the molecule is COC(=O)CCCCCCCCO[C@@H]1O[C@H](COCc2ccccc2)[C@@H](O[C@@H]2O[C@@H]3COC(c4ccccc4)O[C@@H]3[C@H](OC(=O)c3ccccc3)[C@H]2OC(=O)c2ccccc2)[C@H](OCc2ccccc2)[C@H]1N. The van der Waals surface area contributed by atoms with Crippen molar-refractivity contribution in [3.63, 3.8) is 0 Å². The largest absolute Gasteiger partial charge is 0.469 e. The third kappa shape index (κ3) is 14.6. The molecule has 0 bridgehead atoms. The van der Waals surface area contributed by atoms with E-state index in [4.69, 9.17) is 57.8 Å². The van der Waals surface area contributed by atoms with Gasteiger partial charge in [-0.3, -0.25) is 4.79 Å². The molecular weight excluding hydrogens is 923 g/mol. The number of methoxy groups -OCH3 is 1. The van der Waals surface area contributed by atoms with Gasteiger partial charge in [0, 0.05) is 18.6 Å². The summed E-state index contributed by atoms with van der Waals surface area (Å²) in [4.78, 5) is 39.9. The van der Waals surface area contributed by atoms with Gasteiger partial charge in [-0.25, -0.2) is 9.59 Å². The Hall–Kier alpha value is -5.85. The maximum atomic E-state index is 14.2. The Balaban J connectivity index is 1.10. The Morgan fingerprint density at radius 3 is 1.75 bits per heavy atom. The first-order valence-electron chi connectivity index (χ1n) is 24.9. The second-order valence-electron chi connectivity index (χ2n) is 18.0. The predicted octanol–water partition coefficient (Wildman–Crippen LogP) is 8.44. The summed E-state index contributed by atoms with van der Waals surface area (Å²) >= 11 is 0. The number of rotatable bonds is 24. The fourth-order valence-corrected chi connectivity index (χ4v) is 8.98. The standard InChI is InChI=1S/C57H65NO14/c1-62-46(59)33-21-4-2-3-5-22-34-64-56-47(58)50(65-36-40-25-13-7-14-26-40)48(44(67-56)37-63-35-39-23-11-6-12-24-39)72-57-52(70-54(61)42-29-17-9-18-30-42)51(69-53(60)41-27-15-8-16-28-41)49-45(68-57)38-66-55(71-49)43-31-19-10-20-32-43/h6-20,23-32,44-45,47-52,55-57H,2-5,21-22,33-38,58H2,1H3/t44-,45-,47-,48-,49+,50-,51+,52-,55?,56-,57+/m1/s1. The van der Waals surface area contributed by atoms with Crippen molar-refractivity contribution in [2.24, 2.45) is 5.73 Å². The van der Waals surface area contributed by atoms with Gasteiger partial charge in [-0.1, -0.05) is 153 Å². The van der Waals surface area contributed by atoms with Crippen LogP contribution in [0.5, 0.6) is 0 Å². The second-order valence-corrected chi connectivity index (χ2v) is 18.0. The lowest BCUT2D eigenvalue weighted by atomic mass is 9.94. The average Bonchev–Trinajstić information content (AvgIpc) is 3.43. The summed E-state index contributed by atoms with van der Waals surface area (Å²) in [5, 5.41) is 0. The van der Waals surface area contributed by atoms with Gasteiger partial charge >= 0.3 is 17.9 Å². The first-order valence-corrected chi connectivity index (χ1v) is 24.9. The summed E-state index contributed by atoms with van der Waals surface area (Å²) in [5.41, 5.74) is 10.2. The first kappa shape index (κ1) is 52.5. The molecule has 11 atom stereocenters. The molecule has 5 aromatic carbocycles. The topological polar surface area (TPSA) is 179 Å². The van der Waals surface area contributed by atoms with Crippen LogP contribution in [-0.2, 0) is 70.1 Å². The van der Waals surface area contributed by atoms with Crippen molar-refractivity contribution in [1.82, 2.24) is 0 Å². The fourth-order valence-electron chi connectivity index (χ4n) is 8.98. The van der Waals surface area contributed by atoms with Crippen LogP contribution in [0.2, 0.25) is 0 Å². The zero-order chi connectivity index (χ0) is 49.9. The summed E-state index contributed by atoms with van der Waals surface area (Å²) < 4.78 is 70.7. The number of hydrogen-bond donors (Lipinski definition) is 1. The number of unbranched alkanes of at least 4 members (excludes halogenated alkanes) is 5. The van der Waals surface area contributed by atoms with Crippen LogP contribution in [0.1, 0.15) is 88.6 Å². The molecular formula is C57H65NO14. The normalized spacial score (nSPS) is 25.9. The minimum absolute atomic E-state index is 0.00443. The Bertz CT molecular complexity index is 2380. The number of carbonyl (C=O) groups excluding carboxylic acids is 3. The van der Waals surface area contributed by atoms with Crippen molar-refractivity contribution in [2.45, 2.75) is 126 Å². The van der Waals surface area contributed by atoms with Crippen molar-refractivity contribution >= 4 is 17.9 Å². The van der Waals surface area contributed by atoms with Gasteiger partial charge in [0.1, 0.15) is 30.5 Å². The fraction of sp³-hybridized carbons (Fsp3) is 0.421. The molecule has 0 spiro atoms. The van der Waals surface area contributed by atoms with E-state index in [1.165, 1.54) is 7.11 Å². The first-order chi connectivity index (χ1) is 35.3. The van der Waals surface area contributed by atoms with Crippen LogP contribution in [0, 0.1) is 0 Å². The van der Waals surface area contributed by atoms with Gasteiger partial charge in [0.25, 0.3) is 0 Å². The smallest absolute Gasteiger partial charge is 0.338 e. The third-order valence-electron chi connectivity index (χ3n) is 12.8. The molecule has 15 heteroatoms. The van der Waals surface area contributed by atoms with Crippen molar-refractivity contribution in [2.75, 3.05) is 26.9 Å². The Morgan fingerprint density at radius 1 is 0.569 bits per heavy atom. The lowest BCUT2D eigenvalue weighted by Gasteiger charge is -2.50. The lowest BCUT2D eigenvalue weighted by Crippen LogP contribution is -2.68. The molecule has 3 aliphatic heterocycles. The van der Waals surface area contributed by atoms with E-state index < -0.39 is 79.6 Å². The van der Waals surface area contributed by atoms with E-state index in [9.17, 15) is 14.4 Å². The zero-order valence-electron chi connectivity index (χ0n) is 40.6. The number of esters is 3. The van der Waals surface area contributed by atoms with E-state index in [1.807, 2.05) is 91.0 Å². The van der Waals surface area contributed by atoms with E-state index in [2.05, 4.69) is 0 Å². The van der Waals surface area contributed by atoms with Gasteiger partial charge < -0.3 is 57.8 Å². The molecule has 8 rings (SSSR count).